The summed E-state index contributed by atoms with van der Waals surface area (Å²) in [5.41, 5.74) is 7.05. The van der Waals surface area contributed by atoms with E-state index in [-0.39, 0.29) is 10.8 Å². The van der Waals surface area contributed by atoms with Crippen molar-refractivity contribution < 1.29 is 18.5 Å². The van der Waals surface area contributed by atoms with Crippen LogP contribution in [-0.2, 0) is 20.8 Å². The maximum Gasteiger partial charge on any atom is 0.584 e. The summed E-state index contributed by atoms with van der Waals surface area (Å²) in [5, 5.41) is 4.34. The summed E-state index contributed by atoms with van der Waals surface area (Å²) in [7, 11) is -4.66. The normalized spacial score (nSPS) is 19.1. The van der Waals surface area contributed by atoms with Gasteiger partial charge in [0.25, 0.3) is 0 Å². The van der Waals surface area contributed by atoms with Gasteiger partial charge in [0.15, 0.2) is 0 Å². The van der Waals surface area contributed by atoms with Crippen LogP contribution in [0, 0.1) is 0 Å². The van der Waals surface area contributed by atoms with Crippen molar-refractivity contribution in [1.82, 2.24) is 0 Å². The van der Waals surface area contributed by atoms with E-state index in [0.717, 1.165) is 67.8 Å². The fourth-order valence-corrected chi connectivity index (χ4v) is 10.1. The molecule has 0 aromatic heterocycles. The van der Waals surface area contributed by atoms with E-state index in [2.05, 4.69) is 100 Å². The molecule has 0 bridgehead atoms. The Morgan fingerprint density at radius 2 is 0.957 bits per heavy atom. The first-order valence-electron chi connectivity index (χ1n) is 16.0. The van der Waals surface area contributed by atoms with Gasteiger partial charge in [0.2, 0.25) is 0 Å². The molecule has 3 aliphatic rings. The Balaban J connectivity index is 1.42. The highest BCUT2D eigenvalue weighted by Crippen LogP contribution is 2.71. The van der Waals surface area contributed by atoms with Gasteiger partial charge in [-0.3, -0.25) is 4.89 Å². The fourth-order valence-electron chi connectivity index (χ4n) is 9.27. The zero-order valence-electron chi connectivity index (χ0n) is 26.4. The van der Waals surface area contributed by atoms with Crippen molar-refractivity contribution in [3.8, 4) is 33.8 Å². The van der Waals surface area contributed by atoms with Crippen LogP contribution in [0.15, 0.2) is 109 Å². The Hall–Kier alpha value is -4.37. The summed E-state index contributed by atoms with van der Waals surface area (Å²) in [6.07, 6.45) is 1.68. The van der Waals surface area contributed by atoms with E-state index in [4.69, 9.17) is 9.05 Å². The van der Waals surface area contributed by atoms with Crippen molar-refractivity contribution in [2.45, 2.75) is 56.8 Å². The van der Waals surface area contributed by atoms with Crippen LogP contribution in [0.25, 0.3) is 43.8 Å². The molecule has 0 saturated heterocycles. The van der Waals surface area contributed by atoms with E-state index in [1.807, 2.05) is 36.4 Å². The maximum atomic E-state index is 14.3. The molecule has 1 N–H and O–H groups in total. The molecule has 0 amide bonds. The molecule has 0 fully saturated rings. The Labute approximate surface area is 269 Å². The molecular formula is C41H35O4P. The molecule has 6 aromatic rings. The van der Waals surface area contributed by atoms with Gasteiger partial charge in [-0.1, -0.05) is 137 Å². The number of phosphoric acid groups is 1. The van der Waals surface area contributed by atoms with Crippen LogP contribution in [0.5, 0.6) is 11.5 Å². The van der Waals surface area contributed by atoms with Crippen molar-refractivity contribution in [3.05, 3.63) is 131 Å². The molecule has 6 aromatic carbocycles. The Bertz CT molecular complexity index is 2160. The Morgan fingerprint density at radius 3 is 1.41 bits per heavy atom. The van der Waals surface area contributed by atoms with E-state index in [1.54, 1.807) is 0 Å². The number of phosphoric ester groups is 1. The molecule has 46 heavy (non-hydrogen) atoms. The highest BCUT2D eigenvalue weighted by Gasteiger charge is 2.61. The molecule has 0 radical (unpaired) electrons. The summed E-state index contributed by atoms with van der Waals surface area (Å²) in [4.78, 5) is 11.7. The van der Waals surface area contributed by atoms with Crippen LogP contribution in [0.3, 0.4) is 0 Å². The summed E-state index contributed by atoms with van der Waals surface area (Å²) in [6.45, 7) is 9.16. The van der Waals surface area contributed by atoms with E-state index in [9.17, 15) is 9.46 Å². The van der Waals surface area contributed by atoms with E-state index < -0.39 is 13.2 Å². The summed E-state index contributed by atoms with van der Waals surface area (Å²) >= 11 is 0. The van der Waals surface area contributed by atoms with Gasteiger partial charge in [-0.05, 0) is 67.5 Å². The predicted octanol–water partition coefficient (Wildman–Crippen LogP) is 10.8. The van der Waals surface area contributed by atoms with Crippen LogP contribution < -0.4 is 9.05 Å². The Morgan fingerprint density at radius 1 is 0.543 bits per heavy atom. The van der Waals surface area contributed by atoms with Gasteiger partial charge in [0.05, 0.1) is 0 Å². The van der Waals surface area contributed by atoms with Gasteiger partial charge in [-0.2, -0.15) is 0 Å². The highest BCUT2D eigenvalue weighted by molar-refractivity contribution is 7.48. The van der Waals surface area contributed by atoms with Crippen LogP contribution in [-0.4, -0.2) is 4.89 Å². The van der Waals surface area contributed by atoms with Gasteiger partial charge in [0, 0.05) is 27.7 Å². The average molecular weight is 623 g/mol. The van der Waals surface area contributed by atoms with Crippen LogP contribution in [0.1, 0.15) is 62.8 Å². The topological polar surface area (TPSA) is 55.8 Å². The molecule has 0 unspecified atom stereocenters. The van der Waals surface area contributed by atoms with Gasteiger partial charge < -0.3 is 9.05 Å². The smallest absolute Gasteiger partial charge is 0.394 e. The van der Waals surface area contributed by atoms with Crippen molar-refractivity contribution in [2.24, 2.45) is 0 Å². The molecule has 5 heteroatoms. The molecule has 0 atom stereocenters. The average Bonchev–Trinajstić information content (AvgIpc) is 3.39. The quantitative estimate of drug-likeness (QED) is 0.195. The molecule has 228 valence electrons. The Kier molecular flexibility index (Phi) is 5.53. The molecule has 1 heterocycles. The molecule has 0 saturated carbocycles. The van der Waals surface area contributed by atoms with Crippen LogP contribution in [0.4, 0.5) is 0 Å². The third kappa shape index (κ3) is 3.75. The summed E-state index contributed by atoms with van der Waals surface area (Å²) in [5.74, 6) is 0.935. The standard InChI is InChI=1S/C41H35O4P/c1-39(2)23-41-24-40(3,4)34-22-20-32(30-18-10-14-26-12-6-8-16-28(26)30)38(36(34)41)45-46(42,43)44-37-31(19-21-33(39)35(37)41)29-17-9-13-25-11-5-7-15-27(25)29/h5-22H,23-24H2,1-4H3,(H,42,43). The lowest BCUT2D eigenvalue weighted by Crippen LogP contribution is -2.29. The third-order valence-corrected chi connectivity index (χ3v) is 11.6. The first-order valence-corrected chi connectivity index (χ1v) is 17.5. The van der Waals surface area contributed by atoms with Crippen molar-refractivity contribution in [3.63, 3.8) is 0 Å². The lowest BCUT2D eigenvalue weighted by molar-refractivity contribution is 0.276. The zero-order chi connectivity index (χ0) is 31.6. The van der Waals surface area contributed by atoms with Gasteiger partial charge in [-0.15, -0.1) is 0 Å². The van der Waals surface area contributed by atoms with Gasteiger partial charge in [0.1, 0.15) is 11.5 Å². The van der Waals surface area contributed by atoms with Crippen molar-refractivity contribution >= 4 is 29.4 Å². The number of fused-ring (bicyclic) bond motifs is 2. The minimum atomic E-state index is -4.66. The molecule has 9 rings (SSSR count). The molecular weight excluding hydrogens is 587 g/mol. The fraction of sp³-hybridized carbons (Fsp3) is 0.220. The molecule has 1 aliphatic heterocycles. The largest absolute Gasteiger partial charge is 0.584 e. The van der Waals surface area contributed by atoms with Crippen LogP contribution >= 0.6 is 7.82 Å². The molecule has 1 spiro atoms. The zero-order valence-corrected chi connectivity index (χ0v) is 27.3. The minimum absolute atomic E-state index is 0.209. The van der Waals surface area contributed by atoms with E-state index >= 15 is 0 Å². The van der Waals surface area contributed by atoms with Gasteiger partial charge in [-0.25, -0.2) is 4.57 Å². The second-order valence-electron chi connectivity index (χ2n) is 14.6. The van der Waals surface area contributed by atoms with Crippen molar-refractivity contribution in [2.75, 3.05) is 0 Å². The lowest BCUT2D eigenvalue weighted by atomic mass is 9.71. The number of benzene rings is 6. The predicted molar refractivity (Wildman–Crippen MR) is 186 cm³/mol. The molecule has 4 nitrogen and oxygen atoms in total. The van der Waals surface area contributed by atoms with E-state index in [1.165, 1.54) is 11.1 Å². The van der Waals surface area contributed by atoms with E-state index in [0.29, 0.717) is 11.5 Å². The lowest BCUT2D eigenvalue weighted by Gasteiger charge is -2.35. The maximum absolute atomic E-state index is 14.3. The number of hydrogen-bond donors (Lipinski definition) is 1. The number of hydrogen-bond acceptors (Lipinski definition) is 3. The minimum Gasteiger partial charge on any atom is -0.394 e. The van der Waals surface area contributed by atoms with Gasteiger partial charge >= 0.3 is 7.82 Å². The monoisotopic (exact) mass is 622 g/mol. The molecule has 2 aliphatic carbocycles. The second-order valence-corrected chi connectivity index (χ2v) is 15.9. The SMILES string of the molecule is CC1(C)CC23CC(C)(C)c4ccc(-c5cccc6ccccc56)c(c42)OP(=O)(O)Oc2c(-c4cccc5ccccc45)ccc1c23. The highest BCUT2D eigenvalue weighted by atomic mass is 31.2. The third-order valence-electron chi connectivity index (χ3n) is 10.8. The summed E-state index contributed by atoms with van der Waals surface area (Å²) < 4.78 is 27.1. The van der Waals surface area contributed by atoms with Crippen molar-refractivity contribution in [1.29, 1.82) is 0 Å². The second kappa shape index (κ2) is 9.12. The number of rotatable bonds is 2. The first-order chi connectivity index (χ1) is 22.0. The first kappa shape index (κ1) is 27.9. The summed E-state index contributed by atoms with van der Waals surface area (Å²) in [6, 6.07) is 37.6. The van der Waals surface area contributed by atoms with Crippen LogP contribution in [0.2, 0.25) is 0 Å².